The van der Waals surface area contributed by atoms with Gasteiger partial charge in [0.25, 0.3) is 0 Å². The zero-order valence-corrected chi connectivity index (χ0v) is 15.0. The van der Waals surface area contributed by atoms with E-state index in [0.29, 0.717) is 0 Å². The number of benzene rings is 1. The zero-order valence-electron chi connectivity index (χ0n) is 15.0. The summed E-state index contributed by atoms with van der Waals surface area (Å²) in [7, 11) is 0. The summed E-state index contributed by atoms with van der Waals surface area (Å²) in [5.74, 6) is 1.51. The lowest BCUT2D eigenvalue weighted by atomic mass is 9.92. The molecule has 2 atom stereocenters. The van der Waals surface area contributed by atoms with Gasteiger partial charge in [0.2, 0.25) is 0 Å². The fraction of sp³-hybridized carbons (Fsp3) is 0.381. The van der Waals surface area contributed by atoms with Crippen molar-refractivity contribution in [3.05, 3.63) is 54.4 Å². The smallest absolute Gasteiger partial charge is 0.137 e. The maximum atomic E-state index is 5.86. The normalized spacial score (nSPS) is 21.7. The lowest BCUT2D eigenvalue weighted by Crippen LogP contribution is -2.38. The molecule has 2 unspecified atom stereocenters. The summed E-state index contributed by atoms with van der Waals surface area (Å²) < 4.78 is 2.23. The van der Waals surface area contributed by atoms with Crippen LogP contribution in [0.3, 0.4) is 0 Å². The SMILES string of the molecule is CC1CC(C)CN(Cc2c(-c3ccc(N)cc3)nc3ccccn23)C1. The number of nitrogens with zero attached hydrogens (tertiary/aromatic N) is 3. The first-order valence-corrected chi connectivity index (χ1v) is 9.14. The van der Waals surface area contributed by atoms with Gasteiger partial charge in [-0.25, -0.2) is 4.98 Å². The molecule has 1 aromatic carbocycles. The Bertz CT molecular complexity index is 855. The number of anilines is 1. The van der Waals surface area contributed by atoms with Crippen LogP contribution in [-0.2, 0) is 6.54 Å². The molecule has 25 heavy (non-hydrogen) atoms. The van der Waals surface area contributed by atoms with Crippen molar-refractivity contribution in [3.63, 3.8) is 0 Å². The topological polar surface area (TPSA) is 46.6 Å². The van der Waals surface area contributed by atoms with E-state index in [9.17, 15) is 0 Å². The van der Waals surface area contributed by atoms with Crippen LogP contribution in [0, 0.1) is 11.8 Å². The molecule has 3 heterocycles. The lowest BCUT2D eigenvalue weighted by Gasteiger charge is -2.35. The van der Waals surface area contributed by atoms with Gasteiger partial charge in [0.05, 0.1) is 11.4 Å². The number of aromatic nitrogens is 2. The van der Waals surface area contributed by atoms with Crippen LogP contribution in [0.15, 0.2) is 48.7 Å². The van der Waals surface area contributed by atoms with Gasteiger partial charge >= 0.3 is 0 Å². The third-order valence-electron chi connectivity index (χ3n) is 5.13. The van der Waals surface area contributed by atoms with Crippen LogP contribution in [0.1, 0.15) is 26.0 Å². The number of pyridine rings is 1. The highest BCUT2D eigenvalue weighted by molar-refractivity contribution is 5.68. The van der Waals surface area contributed by atoms with Crippen molar-refractivity contribution in [1.29, 1.82) is 0 Å². The van der Waals surface area contributed by atoms with Gasteiger partial charge in [-0.3, -0.25) is 4.90 Å². The fourth-order valence-electron chi connectivity index (χ4n) is 4.20. The molecule has 2 N–H and O–H groups in total. The van der Waals surface area contributed by atoms with Crippen molar-refractivity contribution < 1.29 is 0 Å². The van der Waals surface area contributed by atoms with Crippen molar-refractivity contribution >= 4 is 11.3 Å². The molecule has 1 fully saturated rings. The van der Waals surface area contributed by atoms with Crippen molar-refractivity contribution in [2.45, 2.75) is 26.8 Å². The van der Waals surface area contributed by atoms with E-state index >= 15 is 0 Å². The van der Waals surface area contributed by atoms with Gasteiger partial charge in [0.15, 0.2) is 0 Å². The molecule has 0 saturated carbocycles. The molecule has 4 rings (SSSR count). The van der Waals surface area contributed by atoms with E-state index in [1.54, 1.807) is 0 Å². The summed E-state index contributed by atoms with van der Waals surface area (Å²) in [6.07, 6.45) is 3.45. The number of fused-ring (bicyclic) bond motifs is 1. The first-order valence-electron chi connectivity index (χ1n) is 9.14. The Morgan fingerprint density at radius 3 is 2.48 bits per heavy atom. The van der Waals surface area contributed by atoms with Crippen molar-refractivity contribution in [2.24, 2.45) is 11.8 Å². The Balaban J connectivity index is 1.75. The predicted molar refractivity (Wildman–Crippen MR) is 103 cm³/mol. The second-order valence-electron chi connectivity index (χ2n) is 7.60. The molecule has 0 aliphatic carbocycles. The summed E-state index contributed by atoms with van der Waals surface area (Å²) in [6, 6.07) is 14.2. The number of hydrogen-bond donors (Lipinski definition) is 1. The van der Waals surface area contributed by atoms with Crippen LogP contribution in [0.5, 0.6) is 0 Å². The molecule has 1 saturated heterocycles. The number of imidazole rings is 1. The summed E-state index contributed by atoms with van der Waals surface area (Å²) in [5.41, 5.74) is 11.1. The molecule has 3 aromatic rings. The van der Waals surface area contributed by atoms with Gasteiger partial charge in [-0.15, -0.1) is 0 Å². The van der Waals surface area contributed by atoms with Gasteiger partial charge in [-0.05, 0) is 42.5 Å². The molecule has 4 heteroatoms. The summed E-state index contributed by atoms with van der Waals surface area (Å²) in [6.45, 7) is 7.97. The summed E-state index contributed by atoms with van der Waals surface area (Å²) in [4.78, 5) is 7.49. The summed E-state index contributed by atoms with van der Waals surface area (Å²) >= 11 is 0. The molecule has 2 aromatic heterocycles. The van der Waals surface area contributed by atoms with Crippen LogP contribution in [0.2, 0.25) is 0 Å². The summed E-state index contributed by atoms with van der Waals surface area (Å²) in [5, 5.41) is 0. The molecule has 0 amide bonds. The predicted octanol–water partition coefficient (Wildman–Crippen LogP) is 4.06. The minimum Gasteiger partial charge on any atom is -0.399 e. The van der Waals surface area contributed by atoms with Gasteiger partial charge < -0.3 is 10.1 Å². The average Bonchev–Trinajstić information content (AvgIpc) is 2.93. The minimum absolute atomic E-state index is 0.753. The Labute approximate surface area is 149 Å². The largest absolute Gasteiger partial charge is 0.399 e. The zero-order chi connectivity index (χ0) is 17.4. The monoisotopic (exact) mass is 334 g/mol. The number of rotatable bonds is 3. The number of hydrogen-bond acceptors (Lipinski definition) is 3. The van der Waals surface area contributed by atoms with Crippen molar-refractivity contribution in [3.8, 4) is 11.3 Å². The number of nitrogens with two attached hydrogens (primary N) is 1. The third-order valence-corrected chi connectivity index (χ3v) is 5.13. The Morgan fingerprint density at radius 2 is 1.76 bits per heavy atom. The second kappa shape index (κ2) is 6.52. The molecule has 4 nitrogen and oxygen atoms in total. The third kappa shape index (κ3) is 3.27. The van der Waals surface area contributed by atoms with E-state index in [1.807, 2.05) is 18.2 Å². The molecular weight excluding hydrogens is 308 g/mol. The van der Waals surface area contributed by atoms with E-state index < -0.39 is 0 Å². The quantitative estimate of drug-likeness (QED) is 0.735. The molecule has 0 radical (unpaired) electrons. The van der Waals surface area contributed by atoms with E-state index in [-0.39, 0.29) is 0 Å². The maximum absolute atomic E-state index is 5.86. The highest BCUT2D eigenvalue weighted by atomic mass is 15.2. The Kier molecular flexibility index (Phi) is 4.22. The van der Waals surface area contributed by atoms with E-state index in [0.717, 1.165) is 54.1 Å². The van der Waals surface area contributed by atoms with Crippen LogP contribution in [0.25, 0.3) is 16.9 Å². The fourth-order valence-corrected chi connectivity index (χ4v) is 4.20. The van der Waals surface area contributed by atoms with Gasteiger partial charge in [-0.1, -0.05) is 32.0 Å². The second-order valence-corrected chi connectivity index (χ2v) is 7.60. The van der Waals surface area contributed by atoms with Crippen LogP contribution < -0.4 is 5.73 Å². The highest BCUT2D eigenvalue weighted by Gasteiger charge is 2.24. The standard InChI is InChI=1S/C21H26N4/c1-15-11-16(2)13-24(12-15)14-19-21(17-6-8-18(22)9-7-17)23-20-5-3-4-10-25(19)20/h3-10,15-16H,11-14,22H2,1-2H3. The van der Waals surface area contributed by atoms with Crippen LogP contribution in [0.4, 0.5) is 5.69 Å². The van der Waals surface area contributed by atoms with Crippen molar-refractivity contribution in [1.82, 2.24) is 14.3 Å². The van der Waals surface area contributed by atoms with Gasteiger partial charge in [0, 0.05) is 37.1 Å². The van der Waals surface area contributed by atoms with Crippen LogP contribution in [-0.4, -0.2) is 27.4 Å². The van der Waals surface area contributed by atoms with E-state index in [1.165, 1.54) is 12.1 Å². The maximum Gasteiger partial charge on any atom is 0.137 e. The Hall–Kier alpha value is -2.33. The number of likely N-dealkylation sites (tertiary alicyclic amines) is 1. The average molecular weight is 334 g/mol. The number of piperidine rings is 1. The number of nitrogen functional groups attached to an aromatic ring is 1. The Morgan fingerprint density at radius 1 is 1.04 bits per heavy atom. The highest BCUT2D eigenvalue weighted by Crippen LogP contribution is 2.29. The molecule has 130 valence electrons. The van der Waals surface area contributed by atoms with Gasteiger partial charge in [0.1, 0.15) is 5.65 Å². The first kappa shape index (κ1) is 16.2. The first-order chi connectivity index (χ1) is 12.1. The lowest BCUT2D eigenvalue weighted by molar-refractivity contribution is 0.133. The van der Waals surface area contributed by atoms with E-state index in [4.69, 9.17) is 10.7 Å². The van der Waals surface area contributed by atoms with Gasteiger partial charge in [-0.2, -0.15) is 0 Å². The van der Waals surface area contributed by atoms with Crippen LogP contribution >= 0.6 is 0 Å². The van der Waals surface area contributed by atoms with Crippen molar-refractivity contribution in [2.75, 3.05) is 18.8 Å². The molecule has 0 spiro atoms. The van der Waals surface area contributed by atoms with E-state index in [2.05, 4.69) is 53.6 Å². The molecule has 1 aliphatic heterocycles. The molecular formula is C21H26N4. The molecule has 1 aliphatic rings. The molecule has 0 bridgehead atoms. The minimum atomic E-state index is 0.753.